The molecule has 4 heteroatoms. The summed E-state index contributed by atoms with van der Waals surface area (Å²) in [5, 5.41) is 0.662. The van der Waals surface area contributed by atoms with Gasteiger partial charge in [0.05, 0.1) is 17.4 Å². The number of rotatable bonds is 3. The third-order valence-electron chi connectivity index (χ3n) is 5.61. The maximum atomic E-state index is 12.2. The zero-order chi connectivity index (χ0) is 17.3. The molecule has 1 aromatic carbocycles. The van der Waals surface area contributed by atoms with Crippen LogP contribution < -0.4 is 5.56 Å². The van der Waals surface area contributed by atoms with Crippen LogP contribution in [-0.4, -0.2) is 28.0 Å². The average molecular weight is 327 g/mol. The van der Waals surface area contributed by atoms with Crippen LogP contribution in [-0.2, 0) is 6.54 Å². The van der Waals surface area contributed by atoms with Crippen molar-refractivity contribution < 1.29 is 0 Å². The minimum absolute atomic E-state index is 0.0413. The van der Waals surface area contributed by atoms with E-state index in [1.807, 2.05) is 24.3 Å². The summed E-state index contributed by atoms with van der Waals surface area (Å²) in [6, 6.07) is 8.11. The first-order valence-corrected chi connectivity index (χ1v) is 9.03. The quantitative estimate of drug-likeness (QED) is 0.928. The fourth-order valence-electron chi connectivity index (χ4n) is 3.96. The van der Waals surface area contributed by atoms with Crippen LogP contribution in [0.2, 0.25) is 0 Å². The second-order valence-corrected chi connectivity index (χ2v) is 8.32. The van der Waals surface area contributed by atoms with Crippen LogP contribution in [0.4, 0.5) is 0 Å². The molecule has 24 heavy (non-hydrogen) atoms. The van der Waals surface area contributed by atoms with Crippen LogP contribution in [0.1, 0.15) is 52.3 Å². The van der Waals surface area contributed by atoms with Crippen LogP contribution in [0, 0.1) is 11.3 Å². The van der Waals surface area contributed by atoms with E-state index in [1.54, 1.807) is 0 Å². The lowest BCUT2D eigenvalue weighted by molar-refractivity contribution is 0.106. The number of hydrogen-bond donors (Lipinski definition) is 1. The number of hydrogen-bond acceptors (Lipinski definition) is 3. The van der Waals surface area contributed by atoms with Gasteiger partial charge in [0.1, 0.15) is 5.82 Å². The molecule has 1 aromatic heterocycles. The Kier molecular flexibility index (Phi) is 4.77. The maximum absolute atomic E-state index is 12.2. The fourth-order valence-corrected chi connectivity index (χ4v) is 3.96. The highest BCUT2D eigenvalue weighted by Gasteiger charge is 2.31. The third-order valence-corrected chi connectivity index (χ3v) is 5.61. The minimum Gasteiger partial charge on any atom is -0.309 e. The molecule has 3 rings (SSSR count). The Morgan fingerprint density at radius 2 is 1.83 bits per heavy atom. The van der Waals surface area contributed by atoms with Gasteiger partial charge in [0.15, 0.2) is 0 Å². The highest BCUT2D eigenvalue weighted by Crippen LogP contribution is 2.38. The molecular formula is C20H29N3O. The van der Waals surface area contributed by atoms with E-state index in [9.17, 15) is 4.79 Å². The first-order valence-electron chi connectivity index (χ1n) is 9.03. The molecule has 0 unspecified atom stereocenters. The Morgan fingerprint density at radius 3 is 2.50 bits per heavy atom. The van der Waals surface area contributed by atoms with Crippen molar-refractivity contribution in [3.05, 3.63) is 40.4 Å². The van der Waals surface area contributed by atoms with Crippen molar-refractivity contribution in [1.29, 1.82) is 0 Å². The summed E-state index contributed by atoms with van der Waals surface area (Å²) < 4.78 is 0. The molecular weight excluding hydrogens is 298 g/mol. The standard InChI is InChI=1S/C20H29N3O/c1-20(2,3)14-9-11-15(12-10-14)23(4)13-18-21-17-8-6-5-7-16(17)19(24)22-18/h5-8,14-15H,9-13H2,1-4H3,(H,21,22,24). The molecule has 130 valence electrons. The van der Waals surface area contributed by atoms with Gasteiger partial charge in [-0.05, 0) is 56.2 Å². The van der Waals surface area contributed by atoms with Gasteiger partial charge >= 0.3 is 0 Å². The van der Waals surface area contributed by atoms with Gasteiger partial charge in [0, 0.05) is 6.04 Å². The van der Waals surface area contributed by atoms with E-state index in [-0.39, 0.29) is 5.56 Å². The molecule has 2 aromatic rings. The maximum Gasteiger partial charge on any atom is 0.258 e. The monoisotopic (exact) mass is 327 g/mol. The van der Waals surface area contributed by atoms with Crippen molar-refractivity contribution in [2.75, 3.05) is 7.05 Å². The topological polar surface area (TPSA) is 49.0 Å². The molecule has 0 bridgehead atoms. The van der Waals surface area contributed by atoms with Crippen LogP contribution >= 0.6 is 0 Å². The van der Waals surface area contributed by atoms with Gasteiger partial charge in [0.2, 0.25) is 0 Å². The molecule has 0 saturated heterocycles. The Balaban J connectivity index is 1.67. The number of aromatic nitrogens is 2. The van der Waals surface area contributed by atoms with Crippen molar-refractivity contribution in [3.63, 3.8) is 0 Å². The first-order chi connectivity index (χ1) is 11.3. The summed E-state index contributed by atoms with van der Waals surface area (Å²) in [4.78, 5) is 22.1. The minimum atomic E-state index is -0.0413. The summed E-state index contributed by atoms with van der Waals surface area (Å²) in [6.45, 7) is 7.76. The average Bonchev–Trinajstić information content (AvgIpc) is 2.54. The molecule has 0 aliphatic heterocycles. The molecule has 1 N–H and O–H groups in total. The van der Waals surface area contributed by atoms with Crippen LogP contribution in [0.3, 0.4) is 0 Å². The Morgan fingerprint density at radius 1 is 1.17 bits per heavy atom. The molecule has 1 aliphatic rings. The SMILES string of the molecule is CN(Cc1nc2ccccc2c(=O)[nH]1)C1CCC(C(C)(C)C)CC1. The molecule has 1 fully saturated rings. The van der Waals surface area contributed by atoms with E-state index in [4.69, 9.17) is 0 Å². The number of fused-ring (bicyclic) bond motifs is 1. The van der Waals surface area contributed by atoms with Crippen molar-refractivity contribution in [3.8, 4) is 0 Å². The normalized spacial score (nSPS) is 22.2. The van der Waals surface area contributed by atoms with Crippen LogP contribution in [0.25, 0.3) is 10.9 Å². The van der Waals surface area contributed by atoms with Gasteiger partial charge in [-0.1, -0.05) is 32.9 Å². The number of aromatic amines is 1. The molecule has 0 amide bonds. The predicted octanol–water partition coefficient (Wildman–Crippen LogP) is 3.96. The number of nitrogens with zero attached hydrogens (tertiary/aromatic N) is 2. The molecule has 0 radical (unpaired) electrons. The van der Waals surface area contributed by atoms with Gasteiger partial charge < -0.3 is 4.98 Å². The summed E-state index contributed by atoms with van der Waals surface area (Å²) in [5.74, 6) is 1.58. The van der Waals surface area contributed by atoms with E-state index in [0.29, 0.717) is 23.4 Å². The van der Waals surface area contributed by atoms with E-state index in [1.165, 1.54) is 25.7 Å². The van der Waals surface area contributed by atoms with E-state index in [2.05, 4.69) is 42.7 Å². The van der Waals surface area contributed by atoms with Crippen LogP contribution in [0.5, 0.6) is 0 Å². The Hall–Kier alpha value is -1.68. The summed E-state index contributed by atoms with van der Waals surface area (Å²) in [6.07, 6.45) is 5.05. The Labute approximate surface area is 144 Å². The van der Waals surface area contributed by atoms with E-state index >= 15 is 0 Å². The lowest BCUT2D eigenvalue weighted by Gasteiger charge is -2.39. The van der Waals surface area contributed by atoms with Gasteiger partial charge in [-0.25, -0.2) is 4.98 Å². The lowest BCUT2D eigenvalue weighted by atomic mass is 9.71. The Bertz CT molecular complexity index is 751. The van der Waals surface area contributed by atoms with Crippen LogP contribution in [0.15, 0.2) is 29.1 Å². The second-order valence-electron chi connectivity index (χ2n) is 8.32. The third kappa shape index (κ3) is 3.69. The van der Waals surface area contributed by atoms with Gasteiger partial charge in [-0.2, -0.15) is 0 Å². The highest BCUT2D eigenvalue weighted by atomic mass is 16.1. The summed E-state index contributed by atoms with van der Waals surface area (Å²) in [7, 11) is 2.15. The number of para-hydroxylation sites is 1. The smallest absolute Gasteiger partial charge is 0.258 e. The summed E-state index contributed by atoms with van der Waals surface area (Å²) in [5.41, 5.74) is 1.15. The number of H-pyrrole nitrogens is 1. The molecule has 1 heterocycles. The fraction of sp³-hybridized carbons (Fsp3) is 0.600. The van der Waals surface area contributed by atoms with Gasteiger partial charge in [0.25, 0.3) is 5.56 Å². The molecule has 1 aliphatic carbocycles. The first kappa shape index (κ1) is 17.2. The lowest BCUT2D eigenvalue weighted by Crippen LogP contribution is -2.37. The number of nitrogens with one attached hydrogen (secondary N) is 1. The molecule has 0 atom stereocenters. The van der Waals surface area contributed by atoms with E-state index < -0.39 is 0 Å². The van der Waals surface area contributed by atoms with Crippen molar-refractivity contribution >= 4 is 10.9 Å². The molecule has 0 spiro atoms. The molecule has 1 saturated carbocycles. The zero-order valence-corrected chi connectivity index (χ0v) is 15.3. The zero-order valence-electron chi connectivity index (χ0n) is 15.3. The van der Waals surface area contributed by atoms with Crippen molar-refractivity contribution in [2.45, 2.75) is 59.0 Å². The van der Waals surface area contributed by atoms with Gasteiger partial charge in [-0.3, -0.25) is 9.69 Å². The van der Waals surface area contributed by atoms with Crippen molar-refractivity contribution in [1.82, 2.24) is 14.9 Å². The largest absolute Gasteiger partial charge is 0.309 e. The van der Waals surface area contributed by atoms with E-state index in [0.717, 1.165) is 17.3 Å². The number of benzene rings is 1. The van der Waals surface area contributed by atoms with Crippen molar-refractivity contribution in [2.24, 2.45) is 11.3 Å². The molecule has 4 nitrogen and oxygen atoms in total. The second kappa shape index (κ2) is 6.67. The van der Waals surface area contributed by atoms with Gasteiger partial charge in [-0.15, -0.1) is 0 Å². The predicted molar refractivity (Wildman–Crippen MR) is 99.0 cm³/mol. The highest BCUT2D eigenvalue weighted by molar-refractivity contribution is 5.77. The summed E-state index contributed by atoms with van der Waals surface area (Å²) >= 11 is 0.